The minimum atomic E-state index is -0.770. The van der Waals surface area contributed by atoms with Crippen molar-refractivity contribution < 1.29 is 4.79 Å². The van der Waals surface area contributed by atoms with Gasteiger partial charge in [0.25, 0.3) is 0 Å². The van der Waals surface area contributed by atoms with E-state index in [1.165, 1.54) is 0 Å². The van der Waals surface area contributed by atoms with Crippen molar-refractivity contribution in [2.75, 3.05) is 14.1 Å². The van der Waals surface area contributed by atoms with Crippen LogP contribution in [0.5, 0.6) is 0 Å². The van der Waals surface area contributed by atoms with Gasteiger partial charge in [-0.2, -0.15) is 5.26 Å². The smallest absolute Gasteiger partial charge is 0.222 e. The highest BCUT2D eigenvalue weighted by Crippen LogP contribution is 2.41. The van der Waals surface area contributed by atoms with Crippen molar-refractivity contribution in [2.24, 2.45) is 0 Å². The van der Waals surface area contributed by atoms with Gasteiger partial charge in [-0.3, -0.25) is 4.79 Å². The normalized spacial score (nSPS) is 14.3. The van der Waals surface area contributed by atoms with Gasteiger partial charge in [0.1, 0.15) is 0 Å². The summed E-state index contributed by atoms with van der Waals surface area (Å²) in [5, 5.41) is 9.95. The van der Waals surface area contributed by atoms with Crippen molar-refractivity contribution in [1.29, 1.82) is 5.26 Å². The predicted molar refractivity (Wildman–Crippen MR) is 91.9 cm³/mol. The van der Waals surface area contributed by atoms with Gasteiger partial charge < -0.3 is 4.90 Å². The third-order valence-corrected chi connectivity index (χ3v) is 4.38. The number of carbonyl (C=O) groups is 1. The third kappa shape index (κ3) is 3.60. The minimum Gasteiger partial charge on any atom is -0.349 e. The van der Waals surface area contributed by atoms with E-state index in [1.54, 1.807) is 19.0 Å². The number of hydrogen-bond donors (Lipinski definition) is 0. The van der Waals surface area contributed by atoms with Crippen LogP contribution in [-0.4, -0.2) is 24.9 Å². The van der Waals surface area contributed by atoms with Crippen LogP contribution in [0.25, 0.3) is 0 Å². The van der Waals surface area contributed by atoms with Crippen molar-refractivity contribution in [3.63, 3.8) is 0 Å². The van der Waals surface area contributed by atoms with Gasteiger partial charge in [-0.05, 0) is 18.1 Å². The van der Waals surface area contributed by atoms with Crippen LogP contribution in [0.1, 0.15) is 30.4 Å². The lowest BCUT2D eigenvalue weighted by molar-refractivity contribution is -0.129. The minimum absolute atomic E-state index is 0.0243. The molecular weight excluding hydrogens is 284 g/mol. The summed E-state index contributed by atoms with van der Waals surface area (Å²) in [5.74, 6) is -0.178. The van der Waals surface area contributed by atoms with E-state index < -0.39 is 5.41 Å². The Bertz CT molecular complexity index is 689. The SMILES string of the molecule is CN(C)C(=O)C[C@@H](c1ccccc1)[C@](C)(C#N)c1ccccc1. The second-order valence-corrected chi connectivity index (χ2v) is 6.14. The average molecular weight is 306 g/mol. The van der Waals surface area contributed by atoms with Gasteiger partial charge in [0.05, 0.1) is 11.5 Å². The van der Waals surface area contributed by atoms with Crippen LogP contribution in [0.2, 0.25) is 0 Å². The fourth-order valence-corrected chi connectivity index (χ4v) is 2.83. The molecule has 2 aromatic carbocycles. The van der Waals surface area contributed by atoms with Crippen LogP contribution in [0.4, 0.5) is 0 Å². The lowest BCUT2D eigenvalue weighted by Gasteiger charge is -2.33. The number of carbonyl (C=O) groups excluding carboxylic acids is 1. The van der Waals surface area contributed by atoms with Crippen LogP contribution in [0, 0.1) is 11.3 Å². The maximum absolute atomic E-state index is 12.3. The quantitative estimate of drug-likeness (QED) is 0.845. The second-order valence-electron chi connectivity index (χ2n) is 6.14. The highest BCUT2D eigenvalue weighted by molar-refractivity contribution is 5.77. The molecule has 0 unspecified atom stereocenters. The Balaban J connectivity index is 2.51. The zero-order valence-electron chi connectivity index (χ0n) is 13.9. The number of nitrogens with zero attached hydrogens (tertiary/aromatic N) is 2. The Morgan fingerprint density at radius 2 is 1.61 bits per heavy atom. The largest absolute Gasteiger partial charge is 0.349 e. The first kappa shape index (κ1) is 16.8. The average Bonchev–Trinajstić information content (AvgIpc) is 2.60. The lowest BCUT2D eigenvalue weighted by Crippen LogP contribution is -2.33. The first-order chi connectivity index (χ1) is 11.0. The van der Waals surface area contributed by atoms with Gasteiger partial charge in [0.2, 0.25) is 5.91 Å². The van der Waals surface area contributed by atoms with Crippen LogP contribution in [0.3, 0.4) is 0 Å². The zero-order valence-corrected chi connectivity index (χ0v) is 13.9. The van der Waals surface area contributed by atoms with Crippen molar-refractivity contribution in [2.45, 2.75) is 24.7 Å². The summed E-state index contributed by atoms with van der Waals surface area (Å²) in [6.07, 6.45) is 0.302. The highest BCUT2D eigenvalue weighted by atomic mass is 16.2. The van der Waals surface area contributed by atoms with E-state index in [0.29, 0.717) is 6.42 Å². The van der Waals surface area contributed by atoms with Crippen LogP contribution >= 0.6 is 0 Å². The maximum atomic E-state index is 12.3. The number of rotatable bonds is 5. The van der Waals surface area contributed by atoms with Crippen LogP contribution < -0.4 is 0 Å². The Morgan fingerprint density at radius 1 is 1.09 bits per heavy atom. The summed E-state index contributed by atoms with van der Waals surface area (Å²) >= 11 is 0. The maximum Gasteiger partial charge on any atom is 0.222 e. The van der Waals surface area contributed by atoms with Crippen molar-refractivity contribution >= 4 is 5.91 Å². The molecule has 0 heterocycles. The fraction of sp³-hybridized carbons (Fsp3) is 0.300. The Morgan fingerprint density at radius 3 is 2.09 bits per heavy atom. The molecule has 3 nitrogen and oxygen atoms in total. The Kier molecular flexibility index (Phi) is 5.18. The van der Waals surface area contributed by atoms with E-state index in [9.17, 15) is 10.1 Å². The molecule has 2 atom stereocenters. The molecule has 23 heavy (non-hydrogen) atoms. The van der Waals surface area contributed by atoms with E-state index in [4.69, 9.17) is 0 Å². The summed E-state index contributed by atoms with van der Waals surface area (Å²) < 4.78 is 0. The predicted octanol–water partition coefficient (Wildman–Crippen LogP) is 3.73. The summed E-state index contributed by atoms with van der Waals surface area (Å²) in [6.45, 7) is 1.92. The molecule has 2 aromatic rings. The van der Waals surface area contributed by atoms with Gasteiger partial charge in [0.15, 0.2) is 0 Å². The molecule has 0 fully saturated rings. The molecule has 2 rings (SSSR count). The fourth-order valence-electron chi connectivity index (χ4n) is 2.83. The number of benzene rings is 2. The summed E-state index contributed by atoms with van der Waals surface area (Å²) in [4.78, 5) is 13.9. The number of nitriles is 1. The van der Waals surface area contributed by atoms with Gasteiger partial charge >= 0.3 is 0 Å². The molecule has 0 bridgehead atoms. The van der Waals surface area contributed by atoms with E-state index >= 15 is 0 Å². The zero-order chi connectivity index (χ0) is 16.9. The van der Waals surface area contributed by atoms with E-state index in [-0.39, 0.29) is 11.8 Å². The van der Waals surface area contributed by atoms with E-state index in [0.717, 1.165) is 11.1 Å². The molecule has 3 heteroatoms. The molecule has 1 amide bonds. The molecule has 0 aliphatic heterocycles. The molecule has 118 valence electrons. The Hall–Kier alpha value is -2.60. The Labute approximate surface area is 138 Å². The van der Waals surface area contributed by atoms with Crippen molar-refractivity contribution in [1.82, 2.24) is 4.90 Å². The highest BCUT2D eigenvalue weighted by Gasteiger charge is 2.38. The van der Waals surface area contributed by atoms with Gasteiger partial charge in [-0.15, -0.1) is 0 Å². The van der Waals surface area contributed by atoms with Gasteiger partial charge in [-0.1, -0.05) is 60.7 Å². The lowest BCUT2D eigenvalue weighted by atomic mass is 9.68. The summed E-state index contributed by atoms with van der Waals surface area (Å²) in [6, 6.07) is 22.0. The third-order valence-electron chi connectivity index (χ3n) is 4.38. The molecule has 0 aliphatic carbocycles. The van der Waals surface area contributed by atoms with Crippen LogP contribution in [-0.2, 0) is 10.2 Å². The van der Waals surface area contributed by atoms with Crippen molar-refractivity contribution in [3.8, 4) is 6.07 Å². The molecule has 0 radical (unpaired) electrons. The van der Waals surface area contributed by atoms with Crippen LogP contribution in [0.15, 0.2) is 60.7 Å². The van der Waals surface area contributed by atoms with Gasteiger partial charge in [-0.25, -0.2) is 0 Å². The van der Waals surface area contributed by atoms with Crippen molar-refractivity contribution in [3.05, 3.63) is 71.8 Å². The molecule has 0 N–H and O–H groups in total. The number of amides is 1. The first-order valence-electron chi connectivity index (χ1n) is 7.71. The standard InChI is InChI=1S/C20H22N2O/c1-20(15-21,17-12-8-5-9-13-17)18(14-19(23)22(2)3)16-10-6-4-7-11-16/h4-13,18H,14H2,1-3H3/t18-,20+/m0/s1. The number of hydrogen-bond acceptors (Lipinski definition) is 2. The summed E-state index contributed by atoms with van der Waals surface area (Å²) in [5.41, 5.74) is 1.17. The molecule has 0 aromatic heterocycles. The van der Waals surface area contributed by atoms with Gasteiger partial charge in [0, 0.05) is 26.4 Å². The first-order valence-corrected chi connectivity index (χ1v) is 7.71. The van der Waals surface area contributed by atoms with E-state index in [1.807, 2.05) is 67.6 Å². The molecule has 0 spiro atoms. The second kappa shape index (κ2) is 7.11. The molecule has 0 aliphatic rings. The summed E-state index contributed by atoms with van der Waals surface area (Å²) in [7, 11) is 3.49. The monoisotopic (exact) mass is 306 g/mol. The molecule has 0 saturated heterocycles. The topological polar surface area (TPSA) is 44.1 Å². The van der Waals surface area contributed by atoms with E-state index in [2.05, 4.69) is 6.07 Å². The molecule has 0 saturated carbocycles. The molecular formula is C20H22N2O.